The Hall–Kier alpha value is -8.58. The lowest BCUT2D eigenvalue weighted by molar-refractivity contribution is 1.62. The molecular weight excluding hydrogens is 793 g/mol. The van der Waals surface area contributed by atoms with Crippen molar-refractivity contribution in [3.63, 3.8) is 0 Å². The second-order valence-electron chi connectivity index (χ2n) is 17.6. The van der Waals surface area contributed by atoms with Crippen molar-refractivity contribution >= 4 is 64.6 Å². The van der Waals surface area contributed by atoms with Gasteiger partial charge in [0, 0.05) is 0 Å². The third kappa shape index (κ3) is 6.46. The number of hydrogen-bond acceptors (Lipinski definition) is 0. The van der Waals surface area contributed by atoms with Crippen LogP contribution >= 0.6 is 0 Å². The maximum absolute atomic E-state index is 2.52. The number of fused-ring (bicyclic) bond motifs is 7. The molecule has 0 radical (unpaired) electrons. The third-order valence-corrected chi connectivity index (χ3v) is 13.8. The number of benzene rings is 13. The molecule has 0 nitrogen and oxygen atoms in total. The standard InChI is InChI=1S/C66H42/c1-3-15-43(16-4-1)53-33-34-54-40-59(46-19-5-2-6-20-46)61-41-63-64(42-62(61)60(54)39-53)66(56-26-14-24-50(38-56)52-32-30-45-18-8-10-22-48(45)36-52)58-28-12-11-27-57(58)65(63)55-25-13-23-49(37-55)51-31-29-44-17-7-9-21-47(44)35-51/h1-42H. The molecule has 0 N–H and O–H groups in total. The molecule has 66 heavy (non-hydrogen) atoms. The molecule has 0 heteroatoms. The van der Waals surface area contributed by atoms with E-state index in [1.54, 1.807) is 0 Å². The summed E-state index contributed by atoms with van der Waals surface area (Å²) in [7, 11) is 0. The molecule has 13 aromatic carbocycles. The Balaban J connectivity index is 1.14. The Kier molecular flexibility index (Phi) is 8.96. The predicted octanol–water partition coefficient (Wildman–Crippen LogP) is 18.6. The van der Waals surface area contributed by atoms with Gasteiger partial charge < -0.3 is 0 Å². The lowest BCUT2D eigenvalue weighted by Crippen LogP contribution is -1.94. The van der Waals surface area contributed by atoms with Crippen LogP contribution in [-0.4, -0.2) is 0 Å². The summed E-state index contributed by atoms with van der Waals surface area (Å²) < 4.78 is 0. The first-order chi connectivity index (χ1) is 32.7. The molecule has 306 valence electrons. The fourth-order valence-electron chi connectivity index (χ4n) is 10.6. The molecule has 0 saturated carbocycles. The van der Waals surface area contributed by atoms with Gasteiger partial charge in [0.1, 0.15) is 0 Å². The van der Waals surface area contributed by atoms with Crippen LogP contribution in [0.5, 0.6) is 0 Å². The van der Waals surface area contributed by atoms with Crippen LogP contribution in [-0.2, 0) is 0 Å². The van der Waals surface area contributed by atoms with Crippen LogP contribution < -0.4 is 0 Å². The Morgan fingerprint density at radius 3 is 1.12 bits per heavy atom. The van der Waals surface area contributed by atoms with Gasteiger partial charge in [-0.25, -0.2) is 0 Å². The Bertz CT molecular complexity index is 4030. The van der Waals surface area contributed by atoms with Gasteiger partial charge in [0.2, 0.25) is 0 Å². The minimum Gasteiger partial charge on any atom is -0.0622 e. The minimum atomic E-state index is 1.20. The molecule has 13 rings (SSSR count). The van der Waals surface area contributed by atoms with E-state index in [0.717, 1.165) is 0 Å². The zero-order valence-corrected chi connectivity index (χ0v) is 36.2. The van der Waals surface area contributed by atoms with Gasteiger partial charge in [0.25, 0.3) is 0 Å². The van der Waals surface area contributed by atoms with E-state index in [2.05, 4.69) is 255 Å². The molecule has 0 aliphatic rings. The average Bonchev–Trinajstić information content (AvgIpc) is 3.39. The molecule has 0 aliphatic heterocycles. The summed E-state index contributed by atoms with van der Waals surface area (Å²) in [5, 5.41) is 14.9. The van der Waals surface area contributed by atoms with Crippen LogP contribution in [0.25, 0.3) is 131 Å². The molecule has 0 heterocycles. The fraction of sp³-hybridized carbons (Fsp3) is 0. The molecule has 0 unspecified atom stereocenters. The molecule has 0 saturated heterocycles. The van der Waals surface area contributed by atoms with Crippen molar-refractivity contribution in [3.05, 3.63) is 255 Å². The summed E-state index contributed by atoms with van der Waals surface area (Å²) >= 11 is 0. The summed E-state index contributed by atoms with van der Waals surface area (Å²) in [5.74, 6) is 0. The normalized spacial score (nSPS) is 11.6. The van der Waals surface area contributed by atoms with Crippen molar-refractivity contribution in [2.75, 3.05) is 0 Å². The third-order valence-electron chi connectivity index (χ3n) is 13.8. The maximum Gasteiger partial charge on any atom is -0.00259 e. The van der Waals surface area contributed by atoms with E-state index in [1.807, 2.05) is 0 Å². The molecule has 0 spiro atoms. The first-order valence-corrected chi connectivity index (χ1v) is 22.9. The summed E-state index contributed by atoms with van der Waals surface area (Å²) in [6.45, 7) is 0. The average molecular weight is 835 g/mol. The molecular formula is C66H42. The first kappa shape index (κ1) is 37.9. The Labute approximate surface area is 384 Å². The van der Waals surface area contributed by atoms with Gasteiger partial charge in [0.15, 0.2) is 0 Å². The van der Waals surface area contributed by atoms with Crippen LogP contribution in [0.2, 0.25) is 0 Å². The van der Waals surface area contributed by atoms with Gasteiger partial charge in [-0.3, -0.25) is 0 Å². The first-order valence-electron chi connectivity index (χ1n) is 22.9. The van der Waals surface area contributed by atoms with E-state index < -0.39 is 0 Å². The molecule has 13 aromatic rings. The van der Waals surface area contributed by atoms with Gasteiger partial charge in [-0.15, -0.1) is 0 Å². The Morgan fingerprint density at radius 1 is 0.152 bits per heavy atom. The Morgan fingerprint density at radius 2 is 0.561 bits per heavy atom. The zero-order chi connectivity index (χ0) is 43.6. The van der Waals surface area contributed by atoms with E-state index in [0.29, 0.717) is 0 Å². The fourth-order valence-corrected chi connectivity index (χ4v) is 10.6. The van der Waals surface area contributed by atoms with Gasteiger partial charge in [-0.2, -0.15) is 0 Å². The summed E-state index contributed by atoms with van der Waals surface area (Å²) in [4.78, 5) is 0. The van der Waals surface area contributed by atoms with Gasteiger partial charge in [-0.05, 0) is 180 Å². The van der Waals surface area contributed by atoms with E-state index >= 15 is 0 Å². The highest BCUT2D eigenvalue weighted by Gasteiger charge is 2.21. The van der Waals surface area contributed by atoms with Gasteiger partial charge >= 0.3 is 0 Å². The molecule has 0 amide bonds. The van der Waals surface area contributed by atoms with Crippen molar-refractivity contribution < 1.29 is 0 Å². The van der Waals surface area contributed by atoms with Crippen LogP contribution in [0.1, 0.15) is 0 Å². The molecule has 0 atom stereocenters. The van der Waals surface area contributed by atoms with Crippen molar-refractivity contribution in [1.82, 2.24) is 0 Å². The number of hydrogen-bond donors (Lipinski definition) is 0. The molecule has 0 bridgehead atoms. The quantitative estimate of drug-likeness (QED) is 0.116. The molecule has 0 aromatic heterocycles. The van der Waals surface area contributed by atoms with Crippen molar-refractivity contribution in [2.24, 2.45) is 0 Å². The van der Waals surface area contributed by atoms with Crippen LogP contribution in [0, 0.1) is 0 Å². The summed E-state index contributed by atoms with van der Waals surface area (Å²) in [6, 6.07) is 94.5. The van der Waals surface area contributed by atoms with Crippen LogP contribution in [0.3, 0.4) is 0 Å². The summed E-state index contributed by atoms with van der Waals surface area (Å²) in [5.41, 5.74) is 14.6. The zero-order valence-electron chi connectivity index (χ0n) is 36.2. The number of rotatable bonds is 6. The van der Waals surface area contributed by atoms with Crippen molar-refractivity contribution in [1.29, 1.82) is 0 Å². The lowest BCUT2D eigenvalue weighted by Gasteiger charge is -2.21. The van der Waals surface area contributed by atoms with E-state index in [-0.39, 0.29) is 0 Å². The van der Waals surface area contributed by atoms with Gasteiger partial charge in [-0.1, -0.05) is 206 Å². The minimum absolute atomic E-state index is 1.20. The van der Waals surface area contributed by atoms with E-state index in [4.69, 9.17) is 0 Å². The van der Waals surface area contributed by atoms with Gasteiger partial charge in [0.05, 0.1) is 0 Å². The second-order valence-corrected chi connectivity index (χ2v) is 17.6. The van der Waals surface area contributed by atoms with E-state index in [1.165, 1.54) is 131 Å². The largest absolute Gasteiger partial charge is 0.0622 e. The topological polar surface area (TPSA) is 0 Å². The van der Waals surface area contributed by atoms with Crippen LogP contribution in [0.15, 0.2) is 255 Å². The lowest BCUT2D eigenvalue weighted by atomic mass is 9.82. The monoisotopic (exact) mass is 834 g/mol. The van der Waals surface area contributed by atoms with Crippen molar-refractivity contribution in [3.8, 4) is 66.8 Å². The van der Waals surface area contributed by atoms with Crippen LogP contribution in [0.4, 0.5) is 0 Å². The SMILES string of the molecule is c1ccc(-c2ccc3cc(-c4ccccc4)c4cc5c(-c6cccc(-c7ccc8ccccc8c7)c6)c6ccccc6c(-c6cccc(-c7ccc8ccccc8c7)c6)c5cc4c3c2)cc1. The summed E-state index contributed by atoms with van der Waals surface area (Å²) in [6.07, 6.45) is 0. The molecule has 0 fully saturated rings. The van der Waals surface area contributed by atoms with Crippen molar-refractivity contribution in [2.45, 2.75) is 0 Å². The maximum atomic E-state index is 2.52. The predicted molar refractivity (Wildman–Crippen MR) is 284 cm³/mol. The molecule has 0 aliphatic carbocycles. The van der Waals surface area contributed by atoms with E-state index in [9.17, 15) is 0 Å². The highest BCUT2D eigenvalue weighted by Crippen LogP contribution is 2.48. The highest BCUT2D eigenvalue weighted by molar-refractivity contribution is 6.27. The second kappa shape index (κ2) is 15.6. The highest BCUT2D eigenvalue weighted by atomic mass is 14.2. The smallest absolute Gasteiger partial charge is 0.00259 e.